The minimum Gasteiger partial charge on any atom is -0.396 e. The predicted octanol–water partition coefficient (Wildman–Crippen LogP) is 2.59. The zero-order chi connectivity index (χ0) is 11.3. The molecule has 0 spiro atoms. The number of hydrogen-bond acceptors (Lipinski definition) is 2. The summed E-state index contributed by atoms with van der Waals surface area (Å²) in [6, 6.07) is 7.78. The number of nitrogens with one attached hydrogen (secondary N) is 1. The summed E-state index contributed by atoms with van der Waals surface area (Å²) in [7, 11) is 0. The number of halogens is 1. The van der Waals surface area contributed by atoms with E-state index in [0.29, 0.717) is 0 Å². The van der Waals surface area contributed by atoms with E-state index in [9.17, 15) is 0 Å². The molecule has 0 aliphatic heterocycles. The summed E-state index contributed by atoms with van der Waals surface area (Å²) in [6.45, 7) is 5.17. The lowest BCUT2D eigenvalue weighted by Gasteiger charge is -2.25. The molecule has 0 aliphatic carbocycles. The maximum absolute atomic E-state index is 8.88. The molecule has 0 saturated carbocycles. The highest BCUT2D eigenvalue weighted by molar-refractivity contribution is 6.30. The van der Waals surface area contributed by atoms with Gasteiger partial charge in [-0.05, 0) is 38.0 Å². The molecule has 1 aromatic rings. The van der Waals surface area contributed by atoms with Crippen molar-refractivity contribution >= 4 is 11.6 Å². The molecular weight excluding hydrogens is 210 g/mol. The normalized spacial score (nSPS) is 11.7. The molecule has 2 nitrogen and oxygen atoms in total. The maximum Gasteiger partial charge on any atom is 0.0448 e. The molecule has 2 N–H and O–H groups in total. The summed E-state index contributed by atoms with van der Waals surface area (Å²) < 4.78 is 0. The minimum absolute atomic E-state index is 0.0333. The largest absolute Gasteiger partial charge is 0.396 e. The van der Waals surface area contributed by atoms with E-state index in [1.165, 1.54) is 5.56 Å². The quantitative estimate of drug-likeness (QED) is 0.811. The molecule has 3 heteroatoms. The van der Waals surface area contributed by atoms with Crippen LogP contribution in [0.5, 0.6) is 0 Å². The molecular formula is C12H18ClNO. The zero-order valence-electron chi connectivity index (χ0n) is 9.26. The summed E-state index contributed by atoms with van der Waals surface area (Å²) in [5, 5.41) is 13.0. The van der Waals surface area contributed by atoms with E-state index >= 15 is 0 Å². The molecule has 1 aromatic carbocycles. The highest BCUT2D eigenvalue weighted by Crippen LogP contribution is 2.12. The molecule has 1 rings (SSSR count). The number of aliphatic hydroxyl groups excluding tert-OH is 1. The van der Waals surface area contributed by atoms with Gasteiger partial charge in [0.25, 0.3) is 0 Å². The molecule has 0 bridgehead atoms. The average molecular weight is 228 g/mol. The van der Waals surface area contributed by atoms with Crippen LogP contribution in [0.25, 0.3) is 0 Å². The number of aliphatic hydroxyl groups is 1. The van der Waals surface area contributed by atoms with E-state index in [2.05, 4.69) is 19.2 Å². The van der Waals surface area contributed by atoms with Gasteiger partial charge in [-0.25, -0.2) is 0 Å². The second kappa shape index (κ2) is 5.50. The molecule has 0 aromatic heterocycles. The van der Waals surface area contributed by atoms with Gasteiger partial charge in [-0.3, -0.25) is 0 Å². The molecule has 0 saturated heterocycles. The fourth-order valence-corrected chi connectivity index (χ4v) is 1.44. The molecule has 0 fully saturated rings. The first-order valence-electron chi connectivity index (χ1n) is 5.14. The van der Waals surface area contributed by atoms with Gasteiger partial charge in [0, 0.05) is 23.7 Å². The van der Waals surface area contributed by atoms with Gasteiger partial charge in [-0.2, -0.15) is 0 Å². The summed E-state index contributed by atoms with van der Waals surface area (Å²) in [5.74, 6) is 0. The standard InChI is InChI=1S/C12H18ClNO/c1-12(2,7-8-15)14-9-10-3-5-11(13)6-4-10/h3-6,14-15H,7-9H2,1-2H3. The van der Waals surface area contributed by atoms with Crippen molar-refractivity contribution in [2.45, 2.75) is 32.4 Å². The first kappa shape index (κ1) is 12.5. The van der Waals surface area contributed by atoms with Gasteiger partial charge in [-0.15, -0.1) is 0 Å². The Morgan fingerprint density at radius 1 is 1.27 bits per heavy atom. The Bertz CT molecular complexity index is 295. The lowest BCUT2D eigenvalue weighted by molar-refractivity contribution is 0.230. The summed E-state index contributed by atoms with van der Waals surface area (Å²) in [6.07, 6.45) is 0.751. The lowest BCUT2D eigenvalue weighted by Crippen LogP contribution is -2.39. The first-order valence-corrected chi connectivity index (χ1v) is 5.52. The van der Waals surface area contributed by atoms with Crippen LogP contribution in [0.2, 0.25) is 5.02 Å². The fraction of sp³-hybridized carbons (Fsp3) is 0.500. The molecule has 0 aliphatic rings. The molecule has 0 unspecified atom stereocenters. The zero-order valence-corrected chi connectivity index (χ0v) is 10.0. The van der Waals surface area contributed by atoms with Crippen LogP contribution in [0.3, 0.4) is 0 Å². The Morgan fingerprint density at radius 3 is 2.40 bits per heavy atom. The lowest BCUT2D eigenvalue weighted by atomic mass is 10.0. The Balaban J connectivity index is 2.46. The van der Waals surface area contributed by atoms with Crippen LogP contribution in [0.4, 0.5) is 0 Å². The van der Waals surface area contributed by atoms with Crippen molar-refractivity contribution < 1.29 is 5.11 Å². The summed E-state index contributed by atoms with van der Waals surface area (Å²) >= 11 is 5.80. The van der Waals surface area contributed by atoms with Crippen LogP contribution < -0.4 is 5.32 Å². The average Bonchev–Trinajstić information content (AvgIpc) is 2.17. The third-order valence-corrected chi connectivity index (χ3v) is 2.67. The van der Waals surface area contributed by atoms with Crippen LogP contribution >= 0.6 is 11.6 Å². The van der Waals surface area contributed by atoms with Gasteiger partial charge in [-0.1, -0.05) is 23.7 Å². The van der Waals surface area contributed by atoms with E-state index in [4.69, 9.17) is 16.7 Å². The smallest absolute Gasteiger partial charge is 0.0448 e. The second-order valence-corrected chi connectivity index (χ2v) is 4.77. The van der Waals surface area contributed by atoms with Gasteiger partial charge < -0.3 is 10.4 Å². The fourth-order valence-electron chi connectivity index (χ4n) is 1.31. The number of hydrogen-bond donors (Lipinski definition) is 2. The van der Waals surface area contributed by atoms with E-state index in [0.717, 1.165) is 18.0 Å². The molecule has 0 heterocycles. The summed E-state index contributed by atoms with van der Waals surface area (Å²) in [4.78, 5) is 0. The Labute approximate surface area is 96.3 Å². The van der Waals surface area contributed by atoms with Crippen LogP contribution in [-0.4, -0.2) is 17.3 Å². The van der Waals surface area contributed by atoms with Crippen molar-refractivity contribution in [2.75, 3.05) is 6.61 Å². The van der Waals surface area contributed by atoms with E-state index in [1.807, 2.05) is 24.3 Å². The van der Waals surface area contributed by atoms with Crippen molar-refractivity contribution in [1.29, 1.82) is 0 Å². The molecule has 0 atom stereocenters. The number of benzene rings is 1. The minimum atomic E-state index is -0.0333. The van der Waals surface area contributed by atoms with Crippen LogP contribution in [-0.2, 0) is 6.54 Å². The monoisotopic (exact) mass is 227 g/mol. The van der Waals surface area contributed by atoms with Gasteiger partial charge >= 0.3 is 0 Å². The van der Waals surface area contributed by atoms with Gasteiger partial charge in [0.05, 0.1) is 0 Å². The van der Waals surface area contributed by atoms with Crippen molar-refractivity contribution in [3.63, 3.8) is 0 Å². The highest BCUT2D eigenvalue weighted by atomic mass is 35.5. The predicted molar refractivity (Wildman–Crippen MR) is 64.1 cm³/mol. The Morgan fingerprint density at radius 2 is 1.87 bits per heavy atom. The SMILES string of the molecule is CC(C)(CCO)NCc1ccc(Cl)cc1. The Kier molecular flexibility index (Phi) is 4.58. The van der Waals surface area contributed by atoms with Crippen molar-refractivity contribution in [3.8, 4) is 0 Å². The van der Waals surface area contributed by atoms with Crippen LogP contribution in [0.15, 0.2) is 24.3 Å². The van der Waals surface area contributed by atoms with Crippen molar-refractivity contribution in [1.82, 2.24) is 5.32 Å². The second-order valence-electron chi connectivity index (χ2n) is 4.34. The first-order chi connectivity index (χ1) is 7.03. The van der Waals surface area contributed by atoms with Crippen LogP contribution in [0.1, 0.15) is 25.8 Å². The molecule has 84 valence electrons. The van der Waals surface area contributed by atoms with Crippen molar-refractivity contribution in [2.24, 2.45) is 0 Å². The number of rotatable bonds is 5. The van der Waals surface area contributed by atoms with Gasteiger partial charge in [0.1, 0.15) is 0 Å². The van der Waals surface area contributed by atoms with Crippen LogP contribution in [0, 0.1) is 0 Å². The van der Waals surface area contributed by atoms with E-state index in [1.54, 1.807) is 0 Å². The topological polar surface area (TPSA) is 32.3 Å². The van der Waals surface area contributed by atoms with Gasteiger partial charge in [0.2, 0.25) is 0 Å². The van der Waals surface area contributed by atoms with E-state index < -0.39 is 0 Å². The Hall–Kier alpha value is -0.570. The summed E-state index contributed by atoms with van der Waals surface area (Å²) in [5.41, 5.74) is 1.17. The molecule has 15 heavy (non-hydrogen) atoms. The van der Waals surface area contributed by atoms with Crippen molar-refractivity contribution in [3.05, 3.63) is 34.9 Å². The van der Waals surface area contributed by atoms with Gasteiger partial charge in [0.15, 0.2) is 0 Å². The van der Waals surface area contributed by atoms with E-state index in [-0.39, 0.29) is 12.1 Å². The third kappa shape index (κ3) is 4.65. The highest BCUT2D eigenvalue weighted by Gasteiger charge is 2.15. The molecule has 0 radical (unpaired) electrons. The third-order valence-electron chi connectivity index (χ3n) is 2.42. The molecule has 0 amide bonds. The maximum atomic E-state index is 8.88.